The number of carbonyl (C=O) groups is 2. The summed E-state index contributed by atoms with van der Waals surface area (Å²) < 4.78 is 23.2. The number of halogens is 1. The molecule has 1 aliphatic rings. The molecule has 0 spiro atoms. The highest BCUT2D eigenvalue weighted by Crippen LogP contribution is 2.37. The topological polar surface area (TPSA) is 88.4 Å². The number of hydrogen-bond acceptors (Lipinski definition) is 6. The average molecular weight is 416 g/mol. The Labute approximate surface area is 172 Å². The van der Waals surface area contributed by atoms with Crippen molar-refractivity contribution in [2.45, 2.75) is 45.1 Å². The number of rotatable bonds is 6. The Kier molecular flexibility index (Phi) is 6.83. The van der Waals surface area contributed by atoms with Crippen LogP contribution in [0.15, 0.2) is 24.3 Å². The largest absolute Gasteiger partial charge is 0.482 e. The number of nitrogens with one attached hydrogen (secondary N) is 1. The molecule has 1 amide bonds. The first-order valence-electron chi connectivity index (χ1n) is 9.41. The highest BCUT2D eigenvalue weighted by molar-refractivity contribution is 7.16. The fraction of sp³-hybridized carbons (Fsp3) is 0.381. The van der Waals surface area contributed by atoms with E-state index in [9.17, 15) is 19.2 Å². The Morgan fingerprint density at radius 3 is 2.69 bits per heavy atom. The van der Waals surface area contributed by atoms with Gasteiger partial charge in [-0.2, -0.15) is 5.26 Å². The maximum Gasteiger partial charge on any atom is 0.344 e. The molecule has 8 heteroatoms. The number of nitrogens with zero attached hydrogens (tertiary/aromatic N) is 1. The van der Waals surface area contributed by atoms with Gasteiger partial charge >= 0.3 is 5.97 Å². The second-order valence-electron chi connectivity index (χ2n) is 6.74. The lowest BCUT2D eigenvalue weighted by molar-refractivity contribution is -0.155. The third kappa shape index (κ3) is 5.33. The molecule has 1 heterocycles. The predicted molar refractivity (Wildman–Crippen MR) is 106 cm³/mol. The van der Waals surface area contributed by atoms with Gasteiger partial charge in [-0.1, -0.05) is 6.42 Å². The highest BCUT2D eigenvalue weighted by atomic mass is 32.1. The number of hydrogen-bond donors (Lipinski definition) is 1. The summed E-state index contributed by atoms with van der Waals surface area (Å²) in [6.45, 7) is 1.05. The number of benzene rings is 1. The molecule has 1 aromatic carbocycles. The molecule has 1 N–H and O–H groups in total. The quantitative estimate of drug-likeness (QED) is 0.568. The molecule has 1 aromatic heterocycles. The van der Waals surface area contributed by atoms with Crippen LogP contribution < -0.4 is 10.1 Å². The van der Waals surface area contributed by atoms with Crippen molar-refractivity contribution in [3.8, 4) is 11.8 Å². The van der Waals surface area contributed by atoms with Crippen molar-refractivity contribution < 1.29 is 23.5 Å². The summed E-state index contributed by atoms with van der Waals surface area (Å²) in [6, 6.07) is 7.41. The summed E-state index contributed by atoms with van der Waals surface area (Å²) in [7, 11) is 0. The zero-order valence-corrected chi connectivity index (χ0v) is 16.8. The van der Waals surface area contributed by atoms with E-state index in [-0.39, 0.29) is 0 Å². The van der Waals surface area contributed by atoms with Crippen LogP contribution in [0.1, 0.15) is 42.2 Å². The van der Waals surface area contributed by atoms with E-state index in [4.69, 9.17) is 9.47 Å². The van der Waals surface area contributed by atoms with Gasteiger partial charge in [0, 0.05) is 4.88 Å². The van der Waals surface area contributed by atoms with E-state index in [2.05, 4.69) is 11.4 Å². The van der Waals surface area contributed by atoms with E-state index in [1.54, 1.807) is 0 Å². The second kappa shape index (κ2) is 9.52. The predicted octanol–water partition coefficient (Wildman–Crippen LogP) is 3.98. The van der Waals surface area contributed by atoms with Gasteiger partial charge in [-0.3, -0.25) is 4.79 Å². The minimum atomic E-state index is -1.05. The normalized spacial score (nSPS) is 14.1. The van der Waals surface area contributed by atoms with E-state index in [1.807, 2.05) is 0 Å². The smallest absolute Gasteiger partial charge is 0.344 e. The lowest BCUT2D eigenvalue weighted by Crippen LogP contribution is -2.31. The summed E-state index contributed by atoms with van der Waals surface area (Å²) >= 11 is 1.42. The minimum Gasteiger partial charge on any atom is -0.482 e. The van der Waals surface area contributed by atoms with Gasteiger partial charge < -0.3 is 14.8 Å². The fourth-order valence-corrected chi connectivity index (χ4v) is 4.36. The van der Waals surface area contributed by atoms with Crippen LogP contribution in [-0.4, -0.2) is 24.6 Å². The molecular formula is C21H21FN2O4S. The summed E-state index contributed by atoms with van der Waals surface area (Å²) in [4.78, 5) is 25.5. The molecule has 0 saturated heterocycles. The molecule has 0 bridgehead atoms. The lowest BCUT2D eigenvalue weighted by atomic mass is 10.1. The van der Waals surface area contributed by atoms with Crippen molar-refractivity contribution in [3.63, 3.8) is 0 Å². The maximum atomic E-state index is 12.9. The number of aryl methyl sites for hydroxylation is 1. The van der Waals surface area contributed by atoms with Crippen molar-refractivity contribution >= 4 is 28.2 Å². The molecule has 0 radical (unpaired) electrons. The number of carbonyl (C=O) groups excluding carboxylic acids is 2. The van der Waals surface area contributed by atoms with Crippen molar-refractivity contribution in [1.29, 1.82) is 5.26 Å². The number of nitriles is 1. The molecule has 0 fully saturated rings. The van der Waals surface area contributed by atoms with Gasteiger partial charge in [0.05, 0.1) is 5.56 Å². The molecular weight excluding hydrogens is 395 g/mol. The molecule has 0 aliphatic heterocycles. The van der Waals surface area contributed by atoms with Crippen molar-refractivity contribution in [2.75, 3.05) is 11.9 Å². The molecule has 2 aromatic rings. The van der Waals surface area contributed by atoms with Crippen LogP contribution in [0.2, 0.25) is 0 Å². The lowest BCUT2D eigenvalue weighted by Gasteiger charge is -2.13. The zero-order valence-electron chi connectivity index (χ0n) is 16.0. The van der Waals surface area contributed by atoms with Gasteiger partial charge in [-0.05, 0) is 62.4 Å². The third-order valence-corrected chi connectivity index (χ3v) is 5.82. The summed E-state index contributed by atoms with van der Waals surface area (Å²) in [6.07, 6.45) is 3.96. The monoisotopic (exact) mass is 416 g/mol. The number of esters is 1. The summed E-state index contributed by atoms with van der Waals surface area (Å²) in [5.41, 5.74) is 1.54. The van der Waals surface area contributed by atoms with E-state index >= 15 is 0 Å². The first kappa shape index (κ1) is 20.8. The van der Waals surface area contributed by atoms with E-state index < -0.39 is 30.4 Å². The first-order valence-corrected chi connectivity index (χ1v) is 10.2. The van der Waals surface area contributed by atoms with Crippen LogP contribution in [-0.2, 0) is 27.2 Å². The van der Waals surface area contributed by atoms with Crippen LogP contribution in [0.25, 0.3) is 0 Å². The van der Waals surface area contributed by atoms with Crippen LogP contribution in [0, 0.1) is 17.1 Å². The Bertz CT molecular complexity index is 933. The maximum absolute atomic E-state index is 12.9. The SMILES string of the molecule is C[C@@H](OC(=O)COc1ccc(F)cc1)C(=O)Nc1sc2c(c1C#N)CCCCC2. The molecule has 1 aliphatic carbocycles. The third-order valence-electron chi connectivity index (χ3n) is 4.62. The highest BCUT2D eigenvalue weighted by Gasteiger charge is 2.24. The van der Waals surface area contributed by atoms with Crippen LogP contribution in [0.3, 0.4) is 0 Å². The van der Waals surface area contributed by atoms with Crippen LogP contribution in [0.4, 0.5) is 9.39 Å². The van der Waals surface area contributed by atoms with Gasteiger partial charge in [0.2, 0.25) is 0 Å². The average Bonchev–Trinajstić information content (AvgIpc) is 2.86. The Morgan fingerprint density at radius 2 is 1.97 bits per heavy atom. The number of fused-ring (bicyclic) bond motifs is 1. The first-order chi connectivity index (χ1) is 14.0. The molecule has 29 heavy (non-hydrogen) atoms. The molecule has 152 valence electrons. The summed E-state index contributed by atoms with van der Waals surface area (Å²) in [5, 5.41) is 12.8. The zero-order chi connectivity index (χ0) is 20.8. The van der Waals surface area contributed by atoms with Gasteiger partial charge in [-0.25, -0.2) is 9.18 Å². The molecule has 6 nitrogen and oxygen atoms in total. The van der Waals surface area contributed by atoms with E-state index in [1.165, 1.54) is 42.5 Å². The number of amides is 1. The van der Waals surface area contributed by atoms with Gasteiger partial charge in [0.25, 0.3) is 5.91 Å². The number of thiophene rings is 1. The minimum absolute atomic E-state index is 0.319. The Balaban J connectivity index is 1.56. The fourth-order valence-electron chi connectivity index (χ4n) is 3.12. The second-order valence-corrected chi connectivity index (χ2v) is 7.85. The van der Waals surface area contributed by atoms with E-state index in [0.717, 1.165) is 42.5 Å². The van der Waals surface area contributed by atoms with Crippen LogP contribution in [0.5, 0.6) is 5.75 Å². The Morgan fingerprint density at radius 1 is 1.24 bits per heavy atom. The number of anilines is 1. The molecule has 0 saturated carbocycles. The summed E-state index contributed by atoms with van der Waals surface area (Å²) in [5.74, 6) is -1.32. The van der Waals surface area contributed by atoms with Gasteiger partial charge in [0.15, 0.2) is 12.7 Å². The number of ether oxygens (including phenoxy) is 2. The molecule has 3 rings (SSSR count). The van der Waals surface area contributed by atoms with Crippen molar-refractivity contribution in [3.05, 3.63) is 46.1 Å². The van der Waals surface area contributed by atoms with E-state index in [0.29, 0.717) is 16.3 Å². The Hall–Kier alpha value is -2.92. The van der Waals surface area contributed by atoms with Crippen LogP contribution >= 0.6 is 11.3 Å². The molecule has 0 unspecified atom stereocenters. The molecule has 1 atom stereocenters. The van der Waals surface area contributed by atoms with Gasteiger partial charge in [0.1, 0.15) is 22.6 Å². The standard InChI is InChI=1S/C21H21FN2O4S/c1-13(28-19(25)12-27-15-9-7-14(22)8-10-15)20(26)24-21-17(11-23)16-5-3-2-4-6-18(16)29-21/h7-10,13H,2-6,12H2,1H3,(H,24,26)/t13-/m1/s1. The van der Waals surface area contributed by atoms with Crippen molar-refractivity contribution in [2.24, 2.45) is 0 Å². The van der Waals surface area contributed by atoms with Gasteiger partial charge in [-0.15, -0.1) is 11.3 Å². The van der Waals surface area contributed by atoms with Crippen molar-refractivity contribution in [1.82, 2.24) is 0 Å².